The summed E-state index contributed by atoms with van der Waals surface area (Å²) in [6, 6.07) is 10.4. The Bertz CT molecular complexity index is 1220. The smallest absolute Gasteiger partial charge is 0.263 e. The van der Waals surface area contributed by atoms with Crippen LogP contribution in [0.25, 0.3) is 10.9 Å². The lowest BCUT2D eigenvalue weighted by Gasteiger charge is -2.33. The normalized spacial score (nSPS) is 19.3. The number of nitrogens with two attached hydrogens (primary N) is 2. The minimum absolute atomic E-state index is 0.0127. The third-order valence-electron chi connectivity index (χ3n) is 6.48. The first-order chi connectivity index (χ1) is 16.0. The number of aromatic nitrogens is 2. The number of ether oxygens (including phenoxy) is 1. The lowest BCUT2D eigenvalue weighted by molar-refractivity contribution is 0.122. The van der Waals surface area contributed by atoms with Crippen molar-refractivity contribution in [2.75, 3.05) is 54.9 Å². The Labute approximate surface area is 191 Å². The zero-order valence-corrected chi connectivity index (χ0v) is 18.5. The van der Waals surface area contributed by atoms with Crippen LogP contribution in [0.5, 0.6) is 0 Å². The fraction of sp³-hybridized carbons (Fsp3) is 0.417. The predicted molar refractivity (Wildman–Crippen MR) is 128 cm³/mol. The number of nitrogen functional groups attached to an aromatic ring is 1. The van der Waals surface area contributed by atoms with Crippen molar-refractivity contribution in [3.8, 4) is 0 Å². The van der Waals surface area contributed by atoms with Crippen molar-refractivity contribution in [1.82, 2.24) is 9.55 Å². The number of anilines is 3. The number of nitrogens with zero attached hydrogens (tertiary/aromatic N) is 4. The number of benzene rings is 2. The molecule has 4 N–H and O–H groups in total. The molecule has 1 aromatic heterocycles. The summed E-state index contributed by atoms with van der Waals surface area (Å²) in [6.45, 7) is 3.90. The van der Waals surface area contributed by atoms with Gasteiger partial charge in [0, 0.05) is 37.9 Å². The average molecular weight is 453 g/mol. The van der Waals surface area contributed by atoms with Gasteiger partial charge in [-0.3, -0.25) is 9.36 Å². The number of rotatable bonds is 4. The molecule has 2 aromatic carbocycles. The van der Waals surface area contributed by atoms with Gasteiger partial charge in [-0.05, 0) is 36.6 Å². The van der Waals surface area contributed by atoms with E-state index in [4.69, 9.17) is 21.2 Å². The topological polar surface area (TPSA) is 103 Å². The number of piperidine rings is 1. The summed E-state index contributed by atoms with van der Waals surface area (Å²) in [5.41, 5.74) is 14.5. The Morgan fingerprint density at radius 3 is 2.67 bits per heavy atom. The van der Waals surface area contributed by atoms with Crippen molar-refractivity contribution in [2.24, 2.45) is 5.73 Å². The van der Waals surface area contributed by atoms with E-state index in [1.165, 1.54) is 6.07 Å². The van der Waals surface area contributed by atoms with Crippen LogP contribution in [0.2, 0.25) is 0 Å². The molecule has 0 amide bonds. The predicted octanol–water partition coefficient (Wildman–Crippen LogP) is 1.93. The van der Waals surface area contributed by atoms with E-state index in [1.54, 1.807) is 16.7 Å². The fourth-order valence-electron chi connectivity index (χ4n) is 4.69. The Morgan fingerprint density at radius 1 is 1.12 bits per heavy atom. The maximum Gasteiger partial charge on any atom is 0.263 e. The molecule has 3 heterocycles. The molecule has 2 aliphatic rings. The highest BCUT2D eigenvalue weighted by atomic mass is 19.1. The van der Waals surface area contributed by atoms with E-state index in [0.29, 0.717) is 55.7 Å². The lowest BCUT2D eigenvalue weighted by Crippen LogP contribution is -2.45. The molecule has 2 saturated heterocycles. The average Bonchev–Trinajstić information content (AvgIpc) is 2.82. The van der Waals surface area contributed by atoms with Crippen LogP contribution in [-0.4, -0.2) is 55.0 Å². The maximum absolute atomic E-state index is 15.1. The largest absolute Gasteiger partial charge is 0.398 e. The lowest BCUT2D eigenvalue weighted by atomic mass is 10.1. The third kappa shape index (κ3) is 4.26. The van der Waals surface area contributed by atoms with Gasteiger partial charge < -0.3 is 26.0 Å². The molecular weight excluding hydrogens is 423 g/mol. The van der Waals surface area contributed by atoms with Crippen LogP contribution in [0.3, 0.4) is 0 Å². The van der Waals surface area contributed by atoms with Crippen molar-refractivity contribution in [3.05, 3.63) is 58.1 Å². The molecule has 5 rings (SSSR count). The maximum atomic E-state index is 15.1. The molecule has 2 fully saturated rings. The van der Waals surface area contributed by atoms with Crippen LogP contribution in [0, 0.1) is 5.82 Å². The first kappa shape index (κ1) is 21.7. The van der Waals surface area contributed by atoms with E-state index >= 15 is 4.39 Å². The van der Waals surface area contributed by atoms with Gasteiger partial charge in [-0.25, -0.2) is 9.37 Å². The van der Waals surface area contributed by atoms with E-state index in [0.717, 1.165) is 24.9 Å². The summed E-state index contributed by atoms with van der Waals surface area (Å²) in [6.07, 6.45) is 1.86. The highest BCUT2D eigenvalue weighted by Crippen LogP contribution is 2.27. The second kappa shape index (κ2) is 8.99. The molecule has 3 aromatic rings. The molecule has 0 saturated carbocycles. The fourth-order valence-corrected chi connectivity index (χ4v) is 4.69. The Balaban J connectivity index is 1.66. The number of hydrogen-bond donors (Lipinski definition) is 2. The van der Waals surface area contributed by atoms with Crippen LogP contribution in [0.15, 0.2) is 41.2 Å². The van der Waals surface area contributed by atoms with Gasteiger partial charge in [0.05, 0.1) is 36.3 Å². The van der Waals surface area contributed by atoms with Crippen LogP contribution in [-0.2, 0) is 11.3 Å². The molecule has 2 aliphatic heterocycles. The zero-order valence-electron chi connectivity index (χ0n) is 18.5. The monoisotopic (exact) mass is 452 g/mol. The first-order valence-electron chi connectivity index (χ1n) is 11.4. The van der Waals surface area contributed by atoms with Crippen molar-refractivity contribution < 1.29 is 9.13 Å². The van der Waals surface area contributed by atoms with E-state index in [2.05, 4.69) is 4.90 Å². The molecule has 33 heavy (non-hydrogen) atoms. The van der Waals surface area contributed by atoms with Gasteiger partial charge in [-0.2, -0.15) is 0 Å². The molecule has 0 aliphatic carbocycles. The zero-order chi connectivity index (χ0) is 22.9. The minimum atomic E-state index is -0.429. The molecule has 9 heteroatoms. The Morgan fingerprint density at radius 2 is 1.91 bits per heavy atom. The second-order valence-electron chi connectivity index (χ2n) is 8.77. The van der Waals surface area contributed by atoms with Crippen LogP contribution in [0.1, 0.15) is 18.4 Å². The molecule has 8 nitrogen and oxygen atoms in total. The van der Waals surface area contributed by atoms with Gasteiger partial charge in [0.25, 0.3) is 5.56 Å². The van der Waals surface area contributed by atoms with Crippen molar-refractivity contribution in [1.29, 1.82) is 0 Å². The summed E-state index contributed by atoms with van der Waals surface area (Å²) in [5, 5.41) is 0.254. The molecule has 0 radical (unpaired) electrons. The summed E-state index contributed by atoms with van der Waals surface area (Å²) in [5.74, 6) is 0.118. The molecule has 174 valence electrons. The molecular formula is C24H29FN6O2. The van der Waals surface area contributed by atoms with E-state index < -0.39 is 5.82 Å². The summed E-state index contributed by atoms with van der Waals surface area (Å²) >= 11 is 0. The summed E-state index contributed by atoms with van der Waals surface area (Å²) < 4.78 is 22.1. The van der Waals surface area contributed by atoms with Crippen LogP contribution in [0.4, 0.5) is 21.7 Å². The van der Waals surface area contributed by atoms with Crippen molar-refractivity contribution in [3.63, 3.8) is 0 Å². The van der Waals surface area contributed by atoms with Crippen LogP contribution >= 0.6 is 0 Å². The molecule has 0 spiro atoms. The number of halogens is 1. The van der Waals surface area contributed by atoms with Crippen molar-refractivity contribution in [2.45, 2.75) is 25.4 Å². The van der Waals surface area contributed by atoms with Gasteiger partial charge >= 0.3 is 0 Å². The molecule has 0 unspecified atom stereocenters. The quantitative estimate of drug-likeness (QED) is 0.583. The number of morpholine rings is 1. The highest BCUT2D eigenvalue weighted by molar-refractivity contribution is 5.83. The number of fused-ring (bicyclic) bond motifs is 1. The standard InChI is InChI=1S/C24H29FN6O2/c25-19-12-18-21(13-22(19)29-8-10-33-11-9-29)28-24(30-7-3-5-17(26)15-30)31(23(18)32)14-16-4-1-2-6-20(16)27/h1-2,4,6,12-13,17H,3,5,7-11,14-15,26-27H2/t17-/m1/s1. The molecule has 1 atom stereocenters. The van der Waals surface area contributed by atoms with E-state index in [9.17, 15) is 4.79 Å². The van der Waals surface area contributed by atoms with Gasteiger partial charge in [-0.15, -0.1) is 0 Å². The van der Waals surface area contributed by atoms with Crippen molar-refractivity contribution >= 4 is 28.2 Å². The van der Waals surface area contributed by atoms with Crippen LogP contribution < -0.4 is 26.8 Å². The SMILES string of the molecule is Nc1ccccc1Cn1c(N2CCC[C@@H](N)C2)nc2cc(N3CCOCC3)c(F)cc2c1=O. The minimum Gasteiger partial charge on any atom is -0.398 e. The van der Waals surface area contributed by atoms with Gasteiger partial charge in [0.15, 0.2) is 0 Å². The third-order valence-corrected chi connectivity index (χ3v) is 6.48. The highest BCUT2D eigenvalue weighted by Gasteiger charge is 2.24. The first-order valence-corrected chi connectivity index (χ1v) is 11.4. The Kier molecular flexibility index (Phi) is 5.90. The summed E-state index contributed by atoms with van der Waals surface area (Å²) in [4.78, 5) is 22.5. The number of para-hydroxylation sites is 1. The molecule has 0 bridgehead atoms. The van der Waals surface area contributed by atoms with E-state index in [1.807, 2.05) is 23.1 Å². The Hall–Kier alpha value is -3.17. The van der Waals surface area contributed by atoms with Gasteiger partial charge in [0.2, 0.25) is 5.95 Å². The second-order valence-corrected chi connectivity index (χ2v) is 8.77. The van der Waals surface area contributed by atoms with Gasteiger partial charge in [-0.1, -0.05) is 18.2 Å². The van der Waals surface area contributed by atoms with Gasteiger partial charge in [0.1, 0.15) is 5.82 Å². The van der Waals surface area contributed by atoms with E-state index in [-0.39, 0.29) is 23.5 Å². The summed E-state index contributed by atoms with van der Waals surface area (Å²) in [7, 11) is 0. The number of hydrogen-bond acceptors (Lipinski definition) is 7.